The van der Waals surface area contributed by atoms with Gasteiger partial charge in [0.1, 0.15) is 0 Å². The molecule has 0 unspecified atom stereocenters. The SMILES string of the molecule is [Br][Au]([Br])([Br])[Br]. The van der Waals surface area contributed by atoms with Crippen LogP contribution in [0.3, 0.4) is 0 Å². The van der Waals surface area contributed by atoms with E-state index in [1.165, 1.54) is 0 Å². The van der Waals surface area contributed by atoms with Gasteiger partial charge < -0.3 is 0 Å². The van der Waals surface area contributed by atoms with Gasteiger partial charge in [0, 0.05) is 0 Å². The van der Waals surface area contributed by atoms with E-state index >= 15 is 0 Å². The van der Waals surface area contributed by atoms with Crippen molar-refractivity contribution in [3.8, 4) is 0 Å². The number of rotatable bonds is 0. The van der Waals surface area contributed by atoms with Gasteiger partial charge in [-0.25, -0.2) is 0 Å². The first-order valence-corrected chi connectivity index (χ1v) is 19.4. The number of halogens is 4. The van der Waals surface area contributed by atoms with Gasteiger partial charge in [0.15, 0.2) is 0 Å². The van der Waals surface area contributed by atoms with Crippen molar-refractivity contribution in [3.05, 3.63) is 0 Å². The van der Waals surface area contributed by atoms with Gasteiger partial charge in [-0.05, 0) is 0 Å². The fourth-order valence-electron chi connectivity index (χ4n) is 0. The maximum atomic E-state index is 3.30. The average molecular weight is 517 g/mol. The zero-order valence-electron chi connectivity index (χ0n) is 1.81. The monoisotopic (exact) mass is 513 g/mol. The summed E-state index contributed by atoms with van der Waals surface area (Å²) in [5.74, 6) is 0. The molecule has 0 rings (SSSR count). The fraction of sp³-hybridized carbons (Fsp3) is 0. The van der Waals surface area contributed by atoms with Crippen molar-refractivity contribution < 1.29 is 8.59 Å². The van der Waals surface area contributed by atoms with Gasteiger partial charge in [0.25, 0.3) is 0 Å². The van der Waals surface area contributed by atoms with E-state index in [2.05, 4.69) is 52.1 Å². The van der Waals surface area contributed by atoms with Crippen molar-refractivity contribution in [3.63, 3.8) is 0 Å². The molecule has 0 N–H and O–H groups in total. The van der Waals surface area contributed by atoms with Gasteiger partial charge in [0.05, 0.1) is 0 Å². The summed E-state index contributed by atoms with van der Waals surface area (Å²) in [7, 11) is -1.64. The van der Waals surface area contributed by atoms with E-state index in [-0.39, 0.29) is 0 Å². The van der Waals surface area contributed by atoms with E-state index in [0.717, 1.165) is 0 Å². The molecular weight excluding hydrogens is 517 g/mol. The van der Waals surface area contributed by atoms with Gasteiger partial charge >= 0.3 is 60.7 Å². The Balaban J connectivity index is 3.02. The van der Waals surface area contributed by atoms with Crippen LogP contribution in [0.4, 0.5) is 0 Å². The Morgan fingerprint density at radius 2 is 0.800 bits per heavy atom. The Labute approximate surface area is 59.4 Å². The Bertz CT molecular complexity index is 19.1. The first-order chi connectivity index (χ1) is 2.00. The van der Waals surface area contributed by atoms with Gasteiger partial charge in [-0.15, -0.1) is 0 Å². The molecule has 0 atom stereocenters. The van der Waals surface area contributed by atoms with Crippen LogP contribution in [-0.4, -0.2) is 0 Å². The molecule has 0 amide bonds. The van der Waals surface area contributed by atoms with Crippen LogP contribution in [0.15, 0.2) is 0 Å². The summed E-state index contributed by atoms with van der Waals surface area (Å²) in [4.78, 5) is 0. The second kappa shape index (κ2) is 2.85. The predicted molar refractivity (Wildman–Crippen MR) is 35.7 cm³/mol. The molecule has 0 heterocycles. The van der Waals surface area contributed by atoms with Crippen molar-refractivity contribution >= 4 is 52.1 Å². The van der Waals surface area contributed by atoms with Crippen LogP contribution in [0.2, 0.25) is 0 Å². The molecule has 0 radical (unpaired) electrons. The third kappa shape index (κ3) is 20.4. The molecule has 0 saturated carbocycles. The summed E-state index contributed by atoms with van der Waals surface area (Å²) in [5, 5.41) is 0. The normalized spacial score (nSPS) is 15.2. The summed E-state index contributed by atoms with van der Waals surface area (Å²) in [5.41, 5.74) is 0. The number of hydrogen-bond acceptors (Lipinski definition) is 0. The Hall–Kier alpha value is 2.66. The first kappa shape index (κ1) is 7.66. The topological polar surface area (TPSA) is 0 Å². The standard InChI is InChI=1S/Au.4BrH/h;4*1H/q+4;;;;/p-4. The van der Waals surface area contributed by atoms with Gasteiger partial charge in [0.2, 0.25) is 0 Å². The molecule has 5 heavy (non-hydrogen) atoms. The van der Waals surface area contributed by atoms with E-state index in [9.17, 15) is 0 Å². The Morgan fingerprint density at radius 3 is 0.800 bits per heavy atom. The van der Waals surface area contributed by atoms with Crippen LogP contribution in [0.25, 0.3) is 0 Å². The molecule has 39 valence electrons. The van der Waals surface area contributed by atoms with E-state index in [4.69, 9.17) is 0 Å². The van der Waals surface area contributed by atoms with Crippen LogP contribution in [0.5, 0.6) is 0 Å². The van der Waals surface area contributed by atoms with Gasteiger partial charge in [-0.1, -0.05) is 0 Å². The third-order valence-electron chi connectivity index (χ3n) is 0. The quantitative estimate of drug-likeness (QED) is 0.434. The minimum atomic E-state index is -1.64. The molecule has 0 aliphatic rings. The summed E-state index contributed by atoms with van der Waals surface area (Å²) >= 11 is 13.2. The molecule has 0 aliphatic heterocycles. The molecule has 5 heteroatoms. The van der Waals surface area contributed by atoms with Crippen LogP contribution in [0, 0.1) is 0 Å². The molecule has 0 saturated heterocycles. The molecule has 0 bridgehead atoms. The molecule has 0 aromatic rings. The Kier molecular flexibility index (Phi) is 4.36. The molecule has 0 aliphatic carbocycles. The van der Waals surface area contributed by atoms with Crippen molar-refractivity contribution in [2.45, 2.75) is 0 Å². The number of hydrogen-bond donors (Lipinski definition) is 0. The Morgan fingerprint density at radius 1 is 0.800 bits per heavy atom. The van der Waals surface area contributed by atoms with Crippen LogP contribution < -0.4 is 0 Å². The van der Waals surface area contributed by atoms with E-state index in [1.807, 2.05) is 0 Å². The van der Waals surface area contributed by atoms with Crippen LogP contribution >= 0.6 is 52.1 Å². The van der Waals surface area contributed by atoms with Crippen molar-refractivity contribution in [2.75, 3.05) is 0 Å². The average Bonchev–Trinajstić information content (AvgIpc) is 0.722. The first-order valence-electron chi connectivity index (χ1n) is 0.456. The van der Waals surface area contributed by atoms with Crippen LogP contribution in [0.1, 0.15) is 0 Å². The predicted octanol–water partition coefficient (Wildman–Crippen LogP) is 3.38. The van der Waals surface area contributed by atoms with Gasteiger partial charge in [-0.2, -0.15) is 0 Å². The molecule has 0 aromatic carbocycles. The van der Waals surface area contributed by atoms with Crippen molar-refractivity contribution in [2.24, 2.45) is 0 Å². The van der Waals surface area contributed by atoms with Gasteiger partial charge in [-0.3, -0.25) is 0 Å². The molecule has 0 aromatic heterocycles. The molecular formula is AuBr4. The summed E-state index contributed by atoms with van der Waals surface area (Å²) < 4.78 is 0. The second-order valence-electron chi connectivity index (χ2n) is 0.258. The van der Waals surface area contributed by atoms with E-state index in [0.29, 0.717) is 0 Å². The van der Waals surface area contributed by atoms with E-state index in [1.54, 1.807) is 0 Å². The fourth-order valence-corrected chi connectivity index (χ4v) is 0. The minimum absolute atomic E-state index is 1.64. The molecule has 0 fully saturated rings. The summed E-state index contributed by atoms with van der Waals surface area (Å²) in [6.45, 7) is 0. The molecule has 0 nitrogen and oxygen atoms in total. The van der Waals surface area contributed by atoms with Crippen molar-refractivity contribution in [1.29, 1.82) is 0 Å². The second-order valence-corrected chi connectivity index (χ2v) is 57.1. The third-order valence-corrected chi connectivity index (χ3v) is 0. The zero-order valence-corrected chi connectivity index (χ0v) is 10.3. The summed E-state index contributed by atoms with van der Waals surface area (Å²) in [6.07, 6.45) is 0. The van der Waals surface area contributed by atoms with Crippen molar-refractivity contribution in [1.82, 2.24) is 0 Å². The zero-order chi connectivity index (χ0) is 4.50. The van der Waals surface area contributed by atoms with Crippen LogP contribution in [-0.2, 0) is 8.59 Å². The van der Waals surface area contributed by atoms with E-state index < -0.39 is 8.59 Å². The maximum absolute atomic E-state index is 3.30. The molecule has 0 spiro atoms. The summed E-state index contributed by atoms with van der Waals surface area (Å²) in [6, 6.07) is 0.